The molecule has 1 aromatic carbocycles. The Morgan fingerprint density at radius 2 is 1.93 bits per heavy atom. The topological polar surface area (TPSA) is 66.1 Å². The number of piperidine rings is 1. The van der Waals surface area contributed by atoms with Crippen LogP contribution in [0.1, 0.15) is 57.7 Å². The van der Waals surface area contributed by atoms with Crippen molar-refractivity contribution >= 4 is 28.0 Å². The minimum Gasteiger partial charge on any atom is -0.337 e. The highest BCUT2D eigenvalue weighted by atomic mass is 32.1. The average Bonchev–Trinajstić information content (AvgIpc) is 3.18. The van der Waals surface area contributed by atoms with Gasteiger partial charge < -0.3 is 9.88 Å². The van der Waals surface area contributed by atoms with Crippen LogP contribution in [0.4, 0.5) is 0 Å². The number of aryl methyl sites for hydroxylation is 2. The van der Waals surface area contributed by atoms with Gasteiger partial charge in [0, 0.05) is 29.3 Å². The van der Waals surface area contributed by atoms with E-state index < -0.39 is 0 Å². The van der Waals surface area contributed by atoms with E-state index in [1.807, 2.05) is 34.4 Å². The largest absolute Gasteiger partial charge is 0.337 e. The lowest BCUT2D eigenvalue weighted by atomic mass is 9.97. The maximum absolute atomic E-state index is 12.9. The number of aromatic amines is 1. The van der Waals surface area contributed by atoms with Crippen molar-refractivity contribution in [1.82, 2.24) is 14.9 Å². The molecule has 28 heavy (non-hydrogen) atoms. The minimum atomic E-state index is -0.204. The second kappa shape index (κ2) is 7.17. The van der Waals surface area contributed by atoms with Crippen LogP contribution >= 0.6 is 11.3 Å². The predicted octanol–water partition coefficient (Wildman–Crippen LogP) is 3.88. The van der Waals surface area contributed by atoms with E-state index in [9.17, 15) is 9.59 Å². The first-order valence-corrected chi connectivity index (χ1v) is 10.9. The Morgan fingerprint density at radius 1 is 1.14 bits per heavy atom. The highest BCUT2D eigenvalue weighted by Crippen LogP contribution is 2.35. The fourth-order valence-corrected chi connectivity index (χ4v) is 5.70. The molecule has 2 aliphatic rings. The van der Waals surface area contributed by atoms with Crippen molar-refractivity contribution in [3.8, 4) is 0 Å². The molecule has 0 atom stereocenters. The Hall–Kier alpha value is -2.47. The molecule has 1 aliphatic heterocycles. The number of benzene rings is 1. The van der Waals surface area contributed by atoms with Crippen molar-refractivity contribution in [3.63, 3.8) is 0 Å². The van der Waals surface area contributed by atoms with Gasteiger partial charge in [-0.2, -0.15) is 0 Å². The molecule has 1 saturated heterocycles. The highest BCUT2D eigenvalue weighted by Gasteiger charge is 2.28. The molecule has 0 saturated carbocycles. The number of hydrogen-bond donors (Lipinski definition) is 1. The van der Waals surface area contributed by atoms with Crippen LogP contribution in [0.5, 0.6) is 0 Å². The van der Waals surface area contributed by atoms with E-state index in [-0.39, 0.29) is 11.5 Å². The summed E-state index contributed by atoms with van der Waals surface area (Å²) in [6.45, 7) is 1.42. The summed E-state index contributed by atoms with van der Waals surface area (Å²) >= 11 is 1.89. The van der Waals surface area contributed by atoms with Gasteiger partial charge in [0.2, 0.25) is 0 Å². The Morgan fingerprint density at radius 3 is 2.75 bits per heavy atom. The van der Waals surface area contributed by atoms with Crippen molar-refractivity contribution in [2.45, 2.75) is 44.4 Å². The van der Waals surface area contributed by atoms with Crippen molar-refractivity contribution < 1.29 is 4.79 Å². The van der Waals surface area contributed by atoms with Crippen LogP contribution in [-0.4, -0.2) is 33.9 Å². The van der Waals surface area contributed by atoms with Crippen molar-refractivity contribution in [3.05, 3.63) is 62.0 Å². The molecule has 144 valence electrons. The van der Waals surface area contributed by atoms with Crippen LogP contribution in [0.2, 0.25) is 0 Å². The van der Waals surface area contributed by atoms with Crippen LogP contribution in [0.3, 0.4) is 0 Å². The summed E-state index contributed by atoms with van der Waals surface area (Å²) < 4.78 is 0. The molecule has 0 spiro atoms. The summed E-state index contributed by atoms with van der Waals surface area (Å²) in [6, 6.07) is 9.16. The second-order valence-corrected chi connectivity index (χ2v) is 8.91. The number of carbonyl (C=O) groups excluding carboxylic acids is 1. The Kier molecular flexibility index (Phi) is 4.51. The number of nitrogens with one attached hydrogen (secondary N) is 1. The number of likely N-dealkylation sites (tertiary alicyclic amines) is 1. The lowest BCUT2D eigenvalue weighted by Gasteiger charge is -2.31. The molecule has 3 aromatic rings. The number of nitrogens with zero attached hydrogens (tertiary/aromatic N) is 2. The fraction of sp³-hybridized carbons (Fsp3) is 0.409. The van der Waals surface area contributed by atoms with Crippen LogP contribution in [0, 0.1) is 0 Å². The first-order valence-electron chi connectivity index (χ1n) is 10.1. The number of hydrogen-bond acceptors (Lipinski definition) is 4. The third-order valence-corrected chi connectivity index (χ3v) is 7.30. The number of H-pyrrole nitrogens is 1. The molecule has 2 aromatic heterocycles. The van der Waals surface area contributed by atoms with Crippen LogP contribution < -0.4 is 5.56 Å². The number of fused-ring (bicyclic) bond motifs is 2. The maximum atomic E-state index is 12.9. The van der Waals surface area contributed by atoms with Gasteiger partial charge in [0.25, 0.3) is 11.5 Å². The van der Waals surface area contributed by atoms with E-state index in [4.69, 9.17) is 4.98 Å². The zero-order valence-corrected chi connectivity index (χ0v) is 16.6. The molecule has 5 nitrogen and oxygen atoms in total. The quantitative estimate of drug-likeness (QED) is 0.718. The molecule has 5 rings (SSSR count). The van der Waals surface area contributed by atoms with Gasteiger partial charge in [-0.05, 0) is 56.0 Å². The standard InChI is InChI=1S/C22H23N3O2S/c26-20-16-6-2-1-5-15(16)13-18(23-20)22(27)25-11-9-14(10-12-25)21-24-17-7-3-4-8-19(17)28-21/h1-2,5-6,13-14H,3-4,7-12H2,(H,23,26). The number of pyridine rings is 1. The van der Waals surface area contributed by atoms with E-state index >= 15 is 0 Å². The summed E-state index contributed by atoms with van der Waals surface area (Å²) in [5.41, 5.74) is 1.50. The first kappa shape index (κ1) is 17.6. The monoisotopic (exact) mass is 393 g/mol. The first-order chi connectivity index (χ1) is 13.7. The molecule has 3 heterocycles. The lowest BCUT2D eigenvalue weighted by molar-refractivity contribution is 0.0707. The van der Waals surface area contributed by atoms with Gasteiger partial charge >= 0.3 is 0 Å². The Labute approximate surface area is 167 Å². The van der Waals surface area contributed by atoms with E-state index in [0.717, 1.165) is 24.6 Å². The Bertz CT molecular complexity index is 1070. The van der Waals surface area contributed by atoms with E-state index in [0.29, 0.717) is 30.1 Å². The summed E-state index contributed by atoms with van der Waals surface area (Å²) in [6.07, 6.45) is 6.72. The van der Waals surface area contributed by atoms with Gasteiger partial charge in [0.15, 0.2) is 0 Å². The third-order valence-electron chi connectivity index (χ3n) is 5.98. The van der Waals surface area contributed by atoms with E-state index in [1.54, 1.807) is 12.1 Å². The zero-order chi connectivity index (χ0) is 19.1. The third kappa shape index (κ3) is 3.15. The second-order valence-electron chi connectivity index (χ2n) is 7.79. The minimum absolute atomic E-state index is 0.0836. The van der Waals surface area contributed by atoms with E-state index in [1.165, 1.54) is 34.8 Å². The molecule has 1 amide bonds. The fourth-order valence-electron chi connectivity index (χ4n) is 4.37. The number of carbonyl (C=O) groups is 1. The molecule has 1 N–H and O–H groups in total. The zero-order valence-electron chi connectivity index (χ0n) is 15.7. The number of amides is 1. The molecular weight excluding hydrogens is 370 g/mol. The summed E-state index contributed by atoms with van der Waals surface area (Å²) in [5.74, 6) is 0.370. The van der Waals surface area contributed by atoms with Gasteiger partial charge in [0.1, 0.15) is 5.69 Å². The van der Waals surface area contributed by atoms with Gasteiger partial charge in [-0.1, -0.05) is 18.2 Å². The Balaban J connectivity index is 1.31. The average molecular weight is 394 g/mol. The van der Waals surface area contributed by atoms with Gasteiger partial charge in [-0.25, -0.2) is 4.98 Å². The molecule has 1 fully saturated rings. The van der Waals surface area contributed by atoms with Crippen LogP contribution in [-0.2, 0) is 12.8 Å². The molecule has 6 heteroatoms. The summed E-state index contributed by atoms with van der Waals surface area (Å²) in [4.78, 5) is 36.3. The molecule has 0 unspecified atom stereocenters. The van der Waals surface area contributed by atoms with Crippen molar-refractivity contribution in [1.29, 1.82) is 0 Å². The van der Waals surface area contributed by atoms with Gasteiger partial charge in [0.05, 0.1) is 10.7 Å². The van der Waals surface area contributed by atoms with Crippen molar-refractivity contribution in [2.24, 2.45) is 0 Å². The van der Waals surface area contributed by atoms with Crippen molar-refractivity contribution in [2.75, 3.05) is 13.1 Å². The number of aromatic nitrogens is 2. The summed E-state index contributed by atoms with van der Waals surface area (Å²) in [5, 5.41) is 2.68. The SMILES string of the molecule is O=C(c1cc2ccccc2c(=O)[nH]1)N1CCC(c2nc3c(s2)CCCC3)CC1. The predicted molar refractivity (Wildman–Crippen MR) is 111 cm³/mol. The van der Waals surface area contributed by atoms with Crippen LogP contribution in [0.25, 0.3) is 10.8 Å². The lowest BCUT2D eigenvalue weighted by Crippen LogP contribution is -2.38. The number of rotatable bonds is 2. The van der Waals surface area contributed by atoms with Crippen LogP contribution in [0.15, 0.2) is 35.1 Å². The maximum Gasteiger partial charge on any atom is 0.270 e. The molecular formula is C22H23N3O2S. The molecule has 0 radical (unpaired) electrons. The summed E-state index contributed by atoms with van der Waals surface area (Å²) in [7, 11) is 0. The van der Waals surface area contributed by atoms with Gasteiger partial charge in [-0.15, -0.1) is 11.3 Å². The highest BCUT2D eigenvalue weighted by molar-refractivity contribution is 7.11. The smallest absolute Gasteiger partial charge is 0.270 e. The molecule has 1 aliphatic carbocycles. The van der Waals surface area contributed by atoms with Gasteiger partial charge in [-0.3, -0.25) is 9.59 Å². The normalized spacial score (nSPS) is 17.6. The van der Waals surface area contributed by atoms with E-state index in [2.05, 4.69) is 4.98 Å². The number of thiazole rings is 1. The molecule has 0 bridgehead atoms.